The summed E-state index contributed by atoms with van der Waals surface area (Å²) >= 11 is 0. The Bertz CT molecular complexity index is 229. The molecule has 0 bridgehead atoms. The third-order valence-electron chi connectivity index (χ3n) is 0.894. The van der Waals surface area contributed by atoms with Crippen LogP contribution in [0.1, 0.15) is 13.8 Å². The normalized spacial score (nSPS) is 7.00. The van der Waals surface area contributed by atoms with Crippen LogP contribution in [0.4, 0.5) is 0 Å². The summed E-state index contributed by atoms with van der Waals surface area (Å²) in [6.07, 6.45) is 3.52. The lowest BCUT2D eigenvalue weighted by molar-refractivity contribution is 1.54. The summed E-state index contributed by atoms with van der Waals surface area (Å²) in [7, 11) is 0. The molecule has 0 spiro atoms. The van der Waals surface area contributed by atoms with Crippen molar-refractivity contribution in [3.05, 3.63) is 47.9 Å². The van der Waals surface area contributed by atoms with E-state index >= 15 is 0 Å². The van der Waals surface area contributed by atoms with Gasteiger partial charge in [-0.05, 0) is 31.1 Å². The summed E-state index contributed by atoms with van der Waals surface area (Å²) in [5, 5.41) is 0. The van der Waals surface area contributed by atoms with Gasteiger partial charge in [-0.2, -0.15) is 0 Å². The Kier molecular flexibility index (Phi) is 4.07. The lowest BCUT2D eigenvalue weighted by atomic mass is 10.3. The van der Waals surface area contributed by atoms with Crippen LogP contribution in [0.3, 0.4) is 0 Å². The first-order chi connectivity index (χ1) is 4.66. The van der Waals surface area contributed by atoms with Gasteiger partial charge in [-0.15, -0.1) is 0 Å². The first kappa shape index (κ1) is 8.78. The fourth-order valence-corrected chi connectivity index (χ4v) is 0.324. The van der Waals surface area contributed by atoms with Crippen molar-refractivity contribution in [1.82, 2.24) is 0 Å². The minimum absolute atomic E-state index is 0.976. The van der Waals surface area contributed by atoms with Gasteiger partial charge in [0.15, 0.2) is 0 Å². The van der Waals surface area contributed by atoms with Gasteiger partial charge < -0.3 is 0 Å². The average Bonchev–Trinajstić information content (AvgIpc) is 1.87. The van der Waals surface area contributed by atoms with Crippen LogP contribution in [0.15, 0.2) is 47.9 Å². The monoisotopic (exact) mass is 132 g/mol. The molecule has 0 heterocycles. The van der Waals surface area contributed by atoms with E-state index in [1.807, 2.05) is 13.8 Å². The van der Waals surface area contributed by atoms with Crippen LogP contribution >= 0.6 is 0 Å². The minimum atomic E-state index is 0.976. The van der Waals surface area contributed by atoms with E-state index in [9.17, 15) is 0 Å². The van der Waals surface area contributed by atoms with Gasteiger partial charge in [0.2, 0.25) is 0 Å². The lowest BCUT2D eigenvalue weighted by Crippen LogP contribution is -1.57. The molecule has 0 saturated carbocycles. The van der Waals surface area contributed by atoms with Crippen molar-refractivity contribution in [3.63, 3.8) is 0 Å². The summed E-state index contributed by atoms with van der Waals surface area (Å²) < 4.78 is 0. The first-order valence-electron chi connectivity index (χ1n) is 3.13. The number of hydrogen-bond acceptors (Lipinski definition) is 0. The summed E-state index contributed by atoms with van der Waals surface area (Å²) in [5.74, 6) is 0. The first-order valence-corrected chi connectivity index (χ1v) is 3.13. The van der Waals surface area contributed by atoms with Crippen LogP contribution in [0.5, 0.6) is 0 Å². The van der Waals surface area contributed by atoms with Gasteiger partial charge in [-0.3, -0.25) is 0 Å². The zero-order valence-electron chi connectivity index (χ0n) is 6.57. The second-order valence-electron chi connectivity index (χ2n) is 2.15. The molecule has 0 heteroatoms. The van der Waals surface area contributed by atoms with Gasteiger partial charge in [0, 0.05) is 0 Å². The van der Waals surface area contributed by atoms with Crippen molar-refractivity contribution >= 4 is 0 Å². The molecule has 0 amide bonds. The zero-order valence-corrected chi connectivity index (χ0v) is 6.57. The Morgan fingerprint density at radius 1 is 1.40 bits per heavy atom. The van der Waals surface area contributed by atoms with Gasteiger partial charge in [0.05, 0.1) is 0 Å². The fourth-order valence-electron chi connectivity index (χ4n) is 0.324. The highest BCUT2D eigenvalue weighted by atomic mass is 13.7. The molecule has 0 nitrogen and oxygen atoms in total. The number of hydrogen-bond donors (Lipinski definition) is 0. The molecule has 0 aromatic heterocycles. The topological polar surface area (TPSA) is 0 Å². The predicted octanol–water partition coefficient (Wildman–Crippen LogP) is 3.01. The van der Waals surface area contributed by atoms with Crippen molar-refractivity contribution in [1.29, 1.82) is 0 Å². The van der Waals surface area contributed by atoms with Gasteiger partial charge in [-0.25, -0.2) is 0 Å². The predicted molar refractivity (Wildman–Crippen MR) is 45.8 cm³/mol. The Balaban J connectivity index is 4.50. The molecule has 0 rings (SSSR count). The molecule has 0 aliphatic rings. The van der Waals surface area contributed by atoms with E-state index in [1.54, 1.807) is 12.2 Å². The summed E-state index contributed by atoms with van der Waals surface area (Å²) in [4.78, 5) is 0. The third kappa shape index (κ3) is 4.93. The van der Waals surface area contributed by atoms with Crippen LogP contribution in [0.2, 0.25) is 0 Å². The van der Waals surface area contributed by atoms with E-state index in [2.05, 4.69) is 24.6 Å². The van der Waals surface area contributed by atoms with Crippen LogP contribution in [0.25, 0.3) is 0 Å². The highest BCUT2D eigenvalue weighted by Crippen LogP contribution is 1.88. The van der Waals surface area contributed by atoms with Crippen molar-refractivity contribution in [2.45, 2.75) is 13.8 Å². The Morgan fingerprint density at radius 3 is 2.40 bits per heavy atom. The lowest BCUT2D eigenvalue weighted by Gasteiger charge is -1.76. The standard InChI is InChI=1S/C10H12/c1-5-10(4)8-6-7-9(2)3/h5,7H,1-2H2,3-4H3. The van der Waals surface area contributed by atoms with Gasteiger partial charge in [0.1, 0.15) is 0 Å². The average molecular weight is 132 g/mol. The molecule has 0 aromatic carbocycles. The van der Waals surface area contributed by atoms with Gasteiger partial charge >= 0.3 is 0 Å². The minimum Gasteiger partial charge on any atom is -0.0982 e. The van der Waals surface area contributed by atoms with Crippen molar-refractivity contribution in [2.75, 3.05) is 0 Å². The zero-order chi connectivity index (χ0) is 7.98. The molecule has 0 aromatic rings. The molecule has 0 saturated heterocycles. The molecule has 52 valence electrons. The summed E-state index contributed by atoms with van der Waals surface area (Å²) in [6, 6.07) is 0. The van der Waals surface area contributed by atoms with E-state index < -0.39 is 0 Å². The van der Waals surface area contributed by atoms with Crippen molar-refractivity contribution in [3.8, 4) is 0 Å². The Hall–Kier alpha value is -1.22. The number of rotatable bonds is 2. The van der Waals surface area contributed by atoms with E-state index in [-0.39, 0.29) is 0 Å². The highest BCUT2D eigenvalue weighted by Gasteiger charge is 1.69. The Morgan fingerprint density at radius 2 is 2.00 bits per heavy atom. The molecule has 0 aliphatic carbocycles. The quantitative estimate of drug-likeness (QED) is 0.400. The van der Waals surface area contributed by atoms with Crippen LogP contribution < -0.4 is 0 Å². The van der Waals surface area contributed by atoms with Crippen molar-refractivity contribution in [2.24, 2.45) is 0 Å². The molecule has 0 fully saturated rings. The molecular weight excluding hydrogens is 120 g/mol. The number of allylic oxidation sites excluding steroid dienone is 4. The maximum atomic E-state index is 3.68. The van der Waals surface area contributed by atoms with E-state index in [1.165, 1.54) is 0 Å². The smallest absolute Gasteiger partial charge is 0.00131 e. The SMILES string of the molecule is C=CC(C)=C=C=CC(=C)C. The van der Waals surface area contributed by atoms with Gasteiger partial charge in [-0.1, -0.05) is 30.7 Å². The van der Waals surface area contributed by atoms with Crippen LogP contribution in [-0.2, 0) is 0 Å². The molecule has 0 unspecified atom stereocenters. The maximum Gasteiger partial charge on any atom is -0.00131 e. The molecule has 0 radical (unpaired) electrons. The molecule has 10 heavy (non-hydrogen) atoms. The largest absolute Gasteiger partial charge is 0.0982 e. The van der Waals surface area contributed by atoms with E-state index in [4.69, 9.17) is 0 Å². The Labute approximate surface area is 62.6 Å². The van der Waals surface area contributed by atoms with Gasteiger partial charge in [0.25, 0.3) is 0 Å². The van der Waals surface area contributed by atoms with Crippen LogP contribution in [0, 0.1) is 0 Å². The second-order valence-corrected chi connectivity index (χ2v) is 2.15. The molecule has 0 N–H and O–H groups in total. The molecule has 0 atom stereocenters. The fraction of sp³-hybridized carbons (Fsp3) is 0.200. The van der Waals surface area contributed by atoms with Crippen molar-refractivity contribution < 1.29 is 0 Å². The third-order valence-corrected chi connectivity index (χ3v) is 0.894. The molecule has 0 aliphatic heterocycles. The van der Waals surface area contributed by atoms with E-state index in [0.717, 1.165) is 11.1 Å². The van der Waals surface area contributed by atoms with E-state index in [0.29, 0.717) is 0 Å². The summed E-state index contributed by atoms with van der Waals surface area (Å²) in [5.41, 5.74) is 7.71. The maximum absolute atomic E-state index is 3.68. The van der Waals surface area contributed by atoms with Crippen LogP contribution in [-0.4, -0.2) is 0 Å². The second kappa shape index (κ2) is 4.64. The highest BCUT2D eigenvalue weighted by molar-refractivity contribution is 5.15. The summed E-state index contributed by atoms with van der Waals surface area (Å²) in [6.45, 7) is 11.1. The molecular formula is C10H12.